The molecule has 1 aromatic rings. The molecule has 0 aliphatic carbocycles. The van der Waals surface area contributed by atoms with Crippen molar-refractivity contribution < 1.29 is 4.79 Å². The minimum atomic E-state index is -0.00831. The molecule has 15 heavy (non-hydrogen) atoms. The Morgan fingerprint density at radius 1 is 1.40 bits per heavy atom. The Bertz CT molecular complexity index is 387. The monoisotopic (exact) mass is 204 g/mol. The lowest BCUT2D eigenvalue weighted by atomic mass is 9.97. The third-order valence-corrected chi connectivity index (χ3v) is 2.90. The lowest BCUT2D eigenvalue weighted by molar-refractivity contribution is 0.0963. The van der Waals surface area contributed by atoms with Gasteiger partial charge in [-0.05, 0) is 36.7 Å². The smallest absolute Gasteiger partial charge is 0.251 e. The molecule has 0 spiro atoms. The molecular weight excluding hydrogens is 188 g/mol. The molecule has 0 aromatic heterocycles. The van der Waals surface area contributed by atoms with Crippen molar-refractivity contribution in [1.29, 1.82) is 0 Å². The summed E-state index contributed by atoms with van der Waals surface area (Å²) in [7, 11) is 3.77. The molecule has 1 aliphatic heterocycles. The standard InChI is InChI=1S/C12H16N2O/c1-13-12(15)10-4-3-9-5-6-14(2)8-11(9)7-10/h3-4,7H,5-6,8H2,1-2H3,(H,13,15). The molecule has 0 bridgehead atoms. The topological polar surface area (TPSA) is 32.3 Å². The molecule has 1 N–H and O–H groups in total. The fourth-order valence-corrected chi connectivity index (χ4v) is 1.98. The highest BCUT2D eigenvalue weighted by Gasteiger charge is 2.14. The molecular formula is C12H16N2O. The van der Waals surface area contributed by atoms with E-state index < -0.39 is 0 Å². The number of amides is 1. The van der Waals surface area contributed by atoms with E-state index in [4.69, 9.17) is 0 Å². The van der Waals surface area contributed by atoms with Crippen LogP contribution in [0.5, 0.6) is 0 Å². The Balaban J connectivity index is 2.32. The van der Waals surface area contributed by atoms with Gasteiger partial charge in [0.1, 0.15) is 0 Å². The van der Waals surface area contributed by atoms with Gasteiger partial charge >= 0.3 is 0 Å². The van der Waals surface area contributed by atoms with Crippen LogP contribution in [0.2, 0.25) is 0 Å². The van der Waals surface area contributed by atoms with Crippen molar-refractivity contribution in [2.24, 2.45) is 0 Å². The van der Waals surface area contributed by atoms with Crippen LogP contribution in [-0.4, -0.2) is 31.4 Å². The van der Waals surface area contributed by atoms with E-state index in [1.807, 2.05) is 12.1 Å². The molecule has 1 heterocycles. The van der Waals surface area contributed by atoms with E-state index in [9.17, 15) is 4.79 Å². The zero-order valence-electron chi connectivity index (χ0n) is 9.21. The van der Waals surface area contributed by atoms with E-state index in [1.165, 1.54) is 11.1 Å². The SMILES string of the molecule is CNC(=O)c1ccc2c(c1)CN(C)CC2. The van der Waals surface area contributed by atoms with Gasteiger partial charge < -0.3 is 10.2 Å². The number of fused-ring (bicyclic) bond motifs is 1. The van der Waals surface area contributed by atoms with Gasteiger partial charge in [0.25, 0.3) is 5.91 Å². The highest BCUT2D eigenvalue weighted by Crippen LogP contribution is 2.19. The molecule has 3 heteroatoms. The first-order valence-corrected chi connectivity index (χ1v) is 5.23. The number of rotatable bonds is 1. The number of hydrogen-bond acceptors (Lipinski definition) is 2. The highest BCUT2D eigenvalue weighted by atomic mass is 16.1. The zero-order chi connectivity index (χ0) is 10.8. The Labute approximate surface area is 90.1 Å². The summed E-state index contributed by atoms with van der Waals surface area (Å²) in [5.41, 5.74) is 3.41. The number of nitrogens with one attached hydrogen (secondary N) is 1. The minimum Gasteiger partial charge on any atom is -0.355 e. The number of nitrogens with zero attached hydrogens (tertiary/aromatic N) is 1. The fourth-order valence-electron chi connectivity index (χ4n) is 1.98. The molecule has 1 aromatic carbocycles. The molecule has 2 rings (SSSR count). The number of likely N-dealkylation sites (N-methyl/N-ethyl adjacent to an activating group) is 1. The fraction of sp³-hybridized carbons (Fsp3) is 0.417. The number of hydrogen-bond donors (Lipinski definition) is 1. The van der Waals surface area contributed by atoms with Gasteiger partial charge in [0.15, 0.2) is 0 Å². The molecule has 0 radical (unpaired) electrons. The van der Waals surface area contributed by atoms with Crippen LogP contribution in [0.15, 0.2) is 18.2 Å². The maximum Gasteiger partial charge on any atom is 0.251 e. The van der Waals surface area contributed by atoms with E-state index in [0.717, 1.165) is 25.1 Å². The molecule has 1 amide bonds. The summed E-state index contributed by atoms with van der Waals surface area (Å²) < 4.78 is 0. The average molecular weight is 204 g/mol. The zero-order valence-corrected chi connectivity index (χ0v) is 9.21. The summed E-state index contributed by atoms with van der Waals surface area (Å²) >= 11 is 0. The van der Waals surface area contributed by atoms with Gasteiger partial charge in [-0.1, -0.05) is 6.07 Å². The van der Waals surface area contributed by atoms with Gasteiger partial charge in [-0.2, -0.15) is 0 Å². The molecule has 1 aliphatic rings. The lowest BCUT2D eigenvalue weighted by Crippen LogP contribution is -2.27. The van der Waals surface area contributed by atoms with Crippen LogP contribution in [0.4, 0.5) is 0 Å². The first kappa shape index (κ1) is 10.2. The largest absolute Gasteiger partial charge is 0.355 e. The number of carbonyl (C=O) groups is 1. The van der Waals surface area contributed by atoms with Crippen LogP contribution in [0.1, 0.15) is 21.5 Å². The summed E-state index contributed by atoms with van der Waals surface area (Å²) in [5.74, 6) is -0.00831. The van der Waals surface area contributed by atoms with E-state index >= 15 is 0 Å². The van der Waals surface area contributed by atoms with E-state index in [-0.39, 0.29) is 5.91 Å². The molecule has 0 unspecified atom stereocenters. The van der Waals surface area contributed by atoms with Crippen molar-refractivity contribution >= 4 is 5.91 Å². The number of benzene rings is 1. The number of carbonyl (C=O) groups excluding carboxylic acids is 1. The van der Waals surface area contributed by atoms with Gasteiger partial charge in [-0.25, -0.2) is 0 Å². The van der Waals surface area contributed by atoms with Crippen molar-refractivity contribution in [1.82, 2.24) is 10.2 Å². The molecule has 3 nitrogen and oxygen atoms in total. The highest BCUT2D eigenvalue weighted by molar-refractivity contribution is 5.94. The van der Waals surface area contributed by atoms with E-state index in [0.29, 0.717) is 0 Å². The van der Waals surface area contributed by atoms with Crippen LogP contribution in [0, 0.1) is 0 Å². The van der Waals surface area contributed by atoms with Crippen molar-refractivity contribution in [2.45, 2.75) is 13.0 Å². The molecule has 80 valence electrons. The Hall–Kier alpha value is -1.35. The maximum atomic E-state index is 11.5. The molecule has 0 saturated heterocycles. The molecule has 0 atom stereocenters. The Morgan fingerprint density at radius 3 is 2.93 bits per heavy atom. The third-order valence-electron chi connectivity index (χ3n) is 2.90. The predicted octanol–water partition coefficient (Wildman–Crippen LogP) is 1.03. The van der Waals surface area contributed by atoms with Crippen LogP contribution in [0.3, 0.4) is 0 Å². The van der Waals surface area contributed by atoms with Gasteiger partial charge in [0.2, 0.25) is 0 Å². The molecule has 0 fully saturated rings. The summed E-state index contributed by atoms with van der Waals surface area (Å²) in [6, 6.07) is 5.99. The van der Waals surface area contributed by atoms with Crippen molar-refractivity contribution in [3.63, 3.8) is 0 Å². The summed E-state index contributed by atoms with van der Waals surface area (Å²) in [6.07, 6.45) is 1.08. The maximum absolute atomic E-state index is 11.5. The third kappa shape index (κ3) is 2.02. The van der Waals surface area contributed by atoms with Crippen molar-refractivity contribution in [3.8, 4) is 0 Å². The van der Waals surface area contributed by atoms with Crippen LogP contribution in [0.25, 0.3) is 0 Å². The second kappa shape index (κ2) is 4.03. The predicted molar refractivity (Wildman–Crippen MR) is 59.9 cm³/mol. The van der Waals surface area contributed by atoms with E-state index in [2.05, 4.69) is 23.3 Å². The van der Waals surface area contributed by atoms with E-state index in [1.54, 1.807) is 7.05 Å². The lowest BCUT2D eigenvalue weighted by Gasteiger charge is -2.25. The van der Waals surface area contributed by atoms with Gasteiger partial charge in [0, 0.05) is 25.7 Å². The first-order chi connectivity index (χ1) is 7.20. The molecule has 0 saturated carbocycles. The first-order valence-electron chi connectivity index (χ1n) is 5.23. The minimum absolute atomic E-state index is 0.00831. The average Bonchev–Trinajstić information content (AvgIpc) is 2.27. The van der Waals surface area contributed by atoms with Crippen molar-refractivity contribution in [2.75, 3.05) is 20.6 Å². The van der Waals surface area contributed by atoms with Gasteiger partial charge in [-0.3, -0.25) is 4.79 Å². The summed E-state index contributed by atoms with van der Waals surface area (Å²) in [5, 5.41) is 2.65. The Kier molecular flexibility index (Phi) is 2.73. The van der Waals surface area contributed by atoms with Crippen molar-refractivity contribution in [3.05, 3.63) is 34.9 Å². The Morgan fingerprint density at radius 2 is 2.20 bits per heavy atom. The van der Waals surface area contributed by atoms with Gasteiger partial charge in [0.05, 0.1) is 0 Å². The van der Waals surface area contributed by atoms with Crippen LogP contribution >= 0.6 is 0 Å². The summed E-state index contributed by atoms with van der Waals surface area (Å²) in [4.78, 5) is 13.7. The normalized spacial score (nSPS) is 15.9. The summed E-state index contributed by atoms with van der Waals surface area (Å²) in [6.45, 7) is 2.05. The second-order valence-electron chi connectivity index (χ2n) is 4.05. The van der Waals surface area contributed by atoms with Gasteiger partial charge in [-0.15, -0.1) is 0 Å². The van der Waals surface area contributed by atoms with Crippen LogP contribution in [-0.2, 0) is 13.0 Å². The quantitative estimate of drug-likeness (QED) is 0.741. The van der Waals surface area contributed by atoms with Crippen LogP contribution < -0.4 is 5.32 Å². The second-order valence-corrected chi connectivity index (χ2v) is 4.05.